The fourth-order valence-electron chi connectivity index (χ4n) is 3.36. The van der Waals surface area contributed by atoms with Crippen molar-refractivity contribution in [1.29, 1.82) is 0 Å². The Balaban J connectivity index is 0.00000182. The van der Waals surface area contributed by atoms with E-state index < -0.39 is 24.9 Å². The molecule has 25 heavy (non-hydrogen) atoms. The molecule has 1 fully saturated rings. The minimum atomic E-state index is -2.80. The Hall–Kier alpha value is -1.92. The summed E-state index contributed by atoms with van der Waals surface area (Å²) >= 11 is 0. The number of hydrogen-bond acceptors (Lipinski definition) is 3. The number of nitrogens with one attached hydrogen (secondary N) is 1. The molecule has 1 amide bonds. The number of amides is 1. The van der Waals surface area contributed by atoms with Crippen molar-refractivity contribution in [2.24, 2.45) is 0 Å². The second kappa shape index (κ2) is 6.77. The third-order valence-electron chi connectivity index (χ3n) is 4.66. The highest BCUT2D eigenvalue weighted by Crippen LogP contribution is 2.31. The van der Waals surface area contributed by atoms with Gasteiger partial charge in [-0.2, -0.15) is 0 Å². The van der Waals surface area contributed by atoms with E-state index in [1.165, 1.54) is 0 Å². The molecule has 0 radical (unpaired) electrons. The summed E-state index contributed by atoms with van der Waals surface area (Å²) in [7, 11) is 0. The van der Waals surface area contributed by atoms with Crippen molar-refractivity contribution in [3.63, 3.8) is 0 Å². The molecule has 1 aromatic carbocycles. The standard InChI is InChI=1S/C18H18F2N2O2.ClH/c19-18(20)9-14(21-11-18)17(23)22-7-6-13-8-15(24-16(13)10-22)12-4-2-1-3-5-12;/h1-5,8,14,21H,6-7,9-11H2;1H. The number of benzene rings is 1. The molecule has 0 spiro atoms. The van der Waals surface area contributed by atoms with Crippen molar-refractivity contribution < 1.29 is 18.0 Å². The van der Waals surface area contributed by atoms with Crippen LogP contribution >= 0.6 is 12.4 Å². The molecule has 2 aliphatic rings. The fraction of sp³-hybridized carbons (Fsp3) is 0.389. The van der Waals surface area contributed by atoms with Gasteiger partial charge in [0.05, 0.1) is 19.1 Å². The van der Waals surface area contributed by atoms with E-state index in [4.69, 9.17) is 4.42 Å². The molecule has 4 nitrogen and oxygen atoms in total. The Morgan fingerprint density at radius 1 is 1.28 bits per heavy atom. The average molecular weight is 369 g/mol. The lowest BCUT2D eigenvalue weighted by Crippen LogP contribution is -2.45. The smallest absolute Gasteiger partial charge is 0.262 e. The Morgan fingerprint density at radius 2 is 2.04 bits per heavy atom. The number of hydrogen-bond donors (Lipinski definition) is 1. The maximum atomic E-state index is 13.3. The lowest BCUT2D eigenvalue weighted by atomic mass is 10.1. The summed E-state index contributed by atoms with van der Waals surface area (Å²) in [6, 6.07) is 11.0. The van der Waals surface area contributed by atoms with Crippen LogP contribution in [0, 0.1) is 0 Å². The van der Waals surface area contributed by atoms with Gasteiger partial charge in [-0.15, -0.1) is 12.4 Å². The average Bonchev–Trinajstić information content (AvgIpc) is 3.17. The zero-order valence-corrected chi connectivity index (χ0v) is 14.3. The van der Waals surface area contributed by atoms with Crippen LogP contribution in [0.2, 0.25) is 0 Å². The molecule has 1 aromatic heterocycles. The number of nitrogens with zero attached hydrogens (tertiary/aromatic N) is 1. The summed E-state index contributed by atoms with van der Waals surface area (Å²) in [5.74, 6) is -1.54. The van der Waals surface area contributed by atoms with Crippen molar-refractivity contribution in [2.75, 3.05) is 13.1 Å². The van der Waals surface area contributed by atoms with E-state index in [-0.39, 0.29) is 18.3 Å². The van der Waals surface area contributed by atoms with Gasteiger partial charge in [0.1, 0.15) is 11.5 Å². The van der Waals surface area contributed by atoms with Crippen molar-refractivity contribution in [2.45, 2.75) is 31.4 Å². The number of halogens is 3. The second-order valence-corrected chi connectivity index (χ2v) is 6.43. The van der Waals surface area contributed by atoms with Gasteiger partial charge in [0.2, 0.25) is 5.91 Å². The van der Waals surface area contributed by atoms with E-state index >= 15 is 0 Å². The number of fused-ring (bicyclic) bond motifs is 1. The van der Waals surface area contributed by atoms with Crippen LogP contribution in [0.1, 0.15) is 17.7 Å². The van der Waals surface area contributed by atoms with Gasteiger partial charge in [-0.05, 0) is 18.1 Å². The fourth-order valence-corrected chi connectivity index (χ4v) is 3.36. The molecule has 1 saturated heterocycles. The molecule has 0 bridgehead atoms. The predicted molar refractivity (Wildman–Crippen MR) is 91.9 cm³/mol. The lowest BCUT2D eigenvalue weighted by Gasteiger charge is -2.28. The normalized spacial score (nSPS) is 21.5. The minimum Gasteiger partial charge on any atom is -0.459 e. The summed E-state index contributed by atoms with van der Waals surface area (Å²) in [5, 5.41) is 2.63. The highest BCUT2D eigenvalue weighted by atomic mass is 35.5. The minimum absolute atomic E-state index is 0. The number of carbonyl (C=O) groups excluding carboxylic acids is 1. The number of furan rings is 1. The largest absolute Gasteiger partial charge is 0.459 e. The number of alkyl halides is 2. The molecule has 134 valence electrons. The van der Waals surface area contributed by atoms with E-state index in [2.05, 4.69) is 5.32 Å². The maximum absolute atomic E-state index is 13.3. The maximum Gasteiger partial charge on any atom is 0.262 e. The molecule has 2 aromatic rings. The van der Waals surface area contributed by atoms with Gasteiger partial charge < -0.3 is 9.32 Å². The van der Waals surface area contributed by atoms with Crippen LogP contribution < -0.4 is 5.32 Å². The molecule has 1 unspecified atom stereocenters. The first-order chi connectivity index (χ1) is 11.5. The molecule has 2 aliphatic heterocycles. The van der Waals surface area contributed by atoms with Crippen LogP contribution in [-0.4, -0.2) is 35.9 Å². The summed E-state index contributed by atoms with van der Waals surface area (Å²) in [4.78, 5) is 14.1. The summed E-state index contributed by atoms with van der Waals surface area (Å²) < 4.78 is 32.5. The third-order valence-corrected chi connectivity index (χ3v) is 4.66. The molecule has 4 rings (SSSR count). The van der Waals surface area contributed by atoms with Crippen molar-refractivity contribution in [3.05, 3.63) is 47.7 Å². The molecule has 7 heteroatoms. The highest BCUT2D eigenvalue weighted by molar-refractivity contribution is 5.85. The van der Waals surface area contributed by atoms with Crippen molar-refractivity contribution >= 4 is 18.3 Å². The molecular formula is C18H19ClF2N2O2. The van der Waals surface area contributed by atoms with Crippen LogP contribution in [0.3, 0.4) is 0 Å². The van der Waals surface area contributed by atoms with Crippen LogP contribution in [0.5, 0.6) is 0 Å². The van der Waals surface area contributed by atoms with Crippen LogP contribution in [0.25, 0.3) is 11.3 Å². The van der Waals surface area contributed by atoms with E-state index in [9.17, 15) is 13.6 Å². The quantitative estimate of drug-likeness (QED) is 0.885. The van der Waals surface area contributed by atoms with E-state index in [1.54, 1.807) is 4.90 Å². The van der Waals surface area contributed by atoms with E-state index in [1.807, 2.05) is 36.4 Å². The van der Waals surface area contributed by atoms with Gasteiger partial charge in [0.15, 0.2) is 0 Å². The van der Waals surface area contributed by atoms with Crippen LogP contribution in [0.15, 0.2) is 40.8 Å². The molecule has 3 heterocycles. The Kier molecular flexibility index (Phi) is 4.84. The topological polar surface area (TPSA) is 45.5 Å². The first-order valence-corrected chi connectivity index (χ1v) is 8.09. The predicted octanol–water partition coefficient (Wildman–Crippen LogP) is 3.25. The number of rotatable bonds is 2. The first-order valence-electron chi connectivity index (χ1n) is 8.09. The molecule has 1 N–H and O–H groups in total. The zero-order valence-electron chi connectivity index (χ0n) is 13.5. The molecule has 0 saturated carbocycles. The Morgan fingerprint density at radius 3 is 2.72 bits per heavy atom. The Labute approximate surface area is 150 Å². The van der Waals surface area contributed by atoms with E-state index in [0.717, 1.165) is 22.6 Å². The summed E-state index contributed by atoms with van der Waals surface area (Å²) in [6.07, 6.45) is 0.253. The van der Waals surface area contributed by atoms with Gasteiger partial charge in [0.25, 0.3) is 5.92 Å². The van der Waals surface area contributed by atoms with Crippen LogP contribution in [0.4, 0.5) is 8.78 Å². The highest BCUT2D eigenvalue weighted by Gasteiger charge is 2.44. The monoisotopic (exact) mass is 368 g/mol. The van der Waals surface area contributed by atoms with Crippen molar-refractivity contribution in [3.8, 4) is 11.3 Å². The summed E-state index contributed by atoms with van der Waals surface area (Å²) in [5.41, 5.74) is 2.07. The molecule has 1 atom stereocenters. The Bertz CT molecular complexity index is 764. The van der Waals surface area contributed by atoms with Crippen molar-refractivity contribution in [1.82, 2.24) is 10.2 Å². The van der Waals surface area contributed by atoms with Gasteiger partial charge in [-0.1, -0.05) is 30.3 Å². The van der Waals surface area contributed by atoms with Gasteiger partial charge in [-0.3, -0.25) is 10.1 Å². The second-order valence-electron chi connectivity index (χ2n) is 6.43. The molecule has 0 aliphatic carbocycles. The van der Waals surface area contributed by atoms with Crippen LogP contribution in [-0.2, 0) is 17.8 Å². The van der Waals surface area contributed by atoms with Gasteiger partial charge >= 0.3 is 0 Å². The number of carbonyl (C=O) groups is 1. The summed E-state index contributed by atoms with van der Waals surface area (Å²) in [6.45, 7) is 0.440. The SMILES string of the molecule is Cl.O=C(C1CC(F)(F)CN1)N1CCc2cc(-c3ccccc3)oc2C1. The van der Waals surface area contributed by atoms with Gasteiger partial charge in [0, 0.05) is 18.5 Å². The lowest BCUT2D eigenvalue weighted by molar-refractivity contribution is -0.134. The third kappa shape index (κ3) is 3.55. The van der Waals surface area contributed by atoms with E-state index in [0.29, 0.717) is 19.5 Å². The molecular weight excluding hydrogens is 350 g/mol. The first kappa shape index (κ1) is 17.9. The van der Waals surface area contributed by atoms with Gasteiger partial charge in [-0.25, -0.2) is 8.78 Å². The zero-order chi connectivity index (χ0) is 16.7.